The van der Waals surface area contributed by atoms with Gasteiger partial charge in [0.1, 0.15) is 5.54 Å². The van der Waals surface area contributed by atoms with E-state index in [9.17, 15) is 4.79 Å². The summed E-state index contributed by atoms with van der Waals surface area (Å²) < 4.78 is 5.13. The maximum absolute atomic E-state index is 11.9. The van der Waals surface area contributed by atoms with Gasteiger partial charge in [0, 0.05) is 5.25 Å². The second-order valence-corrected chi connectivity index (χ2v) is 5.77. The first kappa shape index (κ1) is 15.8. The molecule has 0 aliphatic heterocycles. The van der Waals surface area contributed by atoms with Crippen LogP contribution in [0.15, 0.2) is 0 Å². The van der Waals surface area contributed by atoms with Crippen molar-refractivity contribution in [3.63, 3.8) is 0 Å². The summed E-state index contributed by atoms with van der Waals surface area (Å²) >= 11 is 1.87. The van der Waals surface area contributed by atoms with Gasteiger partial charge in [0.15, 0.2) is 0 Å². The van der Waals surface area contributed by atoms with Gasteiger partial charge in [0.2, 0.25) is 0 Å². The first-order valence-corrected chi connectivity index (χ1v) is 7.08. The van der Waals surface area contributed by atoms with Gasteiger partial charge in [-0.25, -0.2) is 0 Å². The number of thioether (sulfide) groups is 1. The zero-order valence-electron chi connectivity index (χ0n) is 11.1. The molecule has 1 N–H and O–H groups in total. The van der Waals surface area contributed by atoms with Crippen molar-refractivity contribution in [1.29, 1.82) is 0 Å². The number of esters is 1. The van der Waals surface area contributed by atoms with Gasteiger partial charge in [-0.2, -0.15) is 11.8 Å². The van der Waals surface area contributed by atoms with Gasteiger partial charge in [-0.15, -0.1) is 0 Å². The molecule has 0 radical (unpaired) electrons. The lowest BCUT2D eigenvalue weighted by Crippen LogP contribution is -2.51. The Kier molecular flexibility index (Phi) is 7.85. The third-order valence-electron chi connectivity index (χ3n) is 2.44. The number of hydrogen-bond donors (Lipinski definition) is 1. The van der Waals surface area contributed by atoms with Gasteiger partial charge in [0.05, 0.1) is 6.61 Å². The number of rotatable bonds is 8. The first-order chi connectivity index (χ1) is 7.50. The highest BCUT2D eigenvalue weighted by atomic mass is 32.2. The van der Waals surface area contributed by atoms with E-state index in [0.717, 1.165) is 18.7 Å². The lowest BCUT2D eigenvalue weighted by molar-refractivity contribution is -0.150. The van der Waals surface area contributed by atoms with Gasteiger partial charge in [-0.05, 0) is 32.6 Å². The van der Waals surface area contributed by atoms with E-state index in [1.807, 2.05) is 32.5 Å². The smallest absolute Gasteiger partial charge is 0.326 e. The van der Waals surface area contributed by atoms with Gasteiger partial charge in [-0.3, -0.25) is 4.79 Å². The van der Waals surface area contributed by atoms with Crippen LogP contribution in [-0.4, -0.2) is 35.7 Å². The molecule has 4 heteroatoms. The highest BCUT2D eigenvalue weighted by molar-refractivity contribution is 7.99. The Labute approximate surface area is 104 Å². The molecule has 0 aromatic heterocycles. The van der Waals surface area contributed by atoms with Crippen LogP contribution in [0.2, 0.25) is 0 Å². The monoisotopic (exact) mass is 247 g/mol. The van der Waals surface area contributed by atoms with Crippen molar-refractivity contribution >= 4 is 17.7 Å². The molecular formula is C12H25NO2S. The SMILES string of the molecule is CCNC(C)(CC(C)SCC)C(=O)OCC. The molecule has 0 aromatic rings. The predicted octanol–water partition coefficient (Wildman–Crippen LogP) is 2.45. The number of likely N-dealkylation sites (N-methyl/N-ethyl adjacent to an activating group) is 1. The van der Waals surface area contributed by atoms with Crippen molar-refractivity contribution in [2.75, 3.05) is 18.9 Å². The van der Waals surface area contributed by atoms with Crippen molar-refractivity contribution in [2.24, 2.45) is 0 Å². The second kappa shape index (κ2) is 7.96. The molecule has 0 aliphatic rings. The van der Waals surface area contributed by atoms with Crippen molar-refractivity contribution in [3.8, 4) is 0 Å². The summed E-state index contributed by atoms with van der Waals surface area (Å²) in [5.41, 5.74) is -0.549. The van der Waals surface area contributed by atoms with Gasteiger partial charge < -0.3 is 10.1 Å². The van der Waals surface area contributed by atoms with E-state index in [2.05, 4.69) is 19.2 Å². The summed E-state index contributed by atoms with van der Waals surface area (Å²) in [4.78, 5) is 11.9. The Morgan fingerprint density at radius 2 is 2.06 bits per heavy atom. The first-order valence-electron chi connectivity index (χ1n) is 6.04. The van der Waals surface area contributed by atoms with E-state index >= 15 is 0 Å². The third-order valence-corrected chi connectivity index (χ3v) is 3.51. The standard InChI is InChI=1S/C12H25NO2S/c1-6-13-12(5,11(14)15-7-2)9-10(4)16-8-3/h10,13H,6-9H2,1-5H3. The number of carbonyl (C=O) groups excluding carboxylic acids is 1. The van der Waals surface area contributed by atoms with E-state index in [0.29, 0.717) is 11.9 Å². The maximum atomic E-state index is 11.9. The van der Waals surface area contributed by atoms with Crippen LogP contribution in [0.25, 0.3) is 0 Å². The summed E-state index contributed by atoms with van der Waals surface area (Å²) in [7, 11) is 0. The molecule has 3 nitrogen and oxygen atoms in total. The summed E-state index contributed by atoms with van der Waals surface area (Å²) in [6.45, 7) is 11.3. The van der Waals surface area contributed by atoms with E-state index in [1.54, 1.807) is 0 Å². The van der Waals surface area contributed by atoms with Crippen LogP contribution < -0.4 is 5.32 Å². The Morgan fingerprint density at radius 3 is 2.50 bits per heavy atom. The van der Waals surface area contributed by atoms with Crippen molar-refractivity contribution < 1.29 is 9.53 Å². The Balaban J connectivity index is 4.48. The fourth-order valence-corrected chi connectivity index (χ4v) is 2.85. The van der Waals surface area contributed by atoms with Crippen LogP contribution in [0.5, 0.6) is 0 Å². The molecule has 0 rings (SSSR count). The minimum Gasteiger partial charge on any atom is -0.465 e. The highest BCUT2D eigenvalue weighted by Crippen LogP contribution is 2.22. The van der Waals surface area contributed by atoms with E-state index in [1.165, 1.54) is 0 Å². The van der Waals surface area contributed by atoms with Crippen molar-refractivity contribution in [2.45, 2.75) is 51.8 Å². The van der Waals surface area contributed by atoms with E-state index in [4.69, 9.17) is 4.74 Å². The number of nitrogens with one attached hydrogen (secondary N) is 1. The number of carbonyl (C=O) groups is 1. The van der Waals surface area contributed by atoms with Gasteiger partial charge in [-0.1, -0.05) is 20.8 Å². The molecule has 0 amide bonds. The van der Waals surface area contributed by atoms with E-state index in [-0.39, 0.29) is 5.97 Å². The van der Waals surface area contributed by atoms with Crippen LogP contribution in [0.1, 0.15) is 41.0 Å². The molecule has 2 atom stereocenters. The van der Waals surface area contributed by atoms with E-state index < -0.39 is 5.54 Å². The average Bonchev–Trinajstić information content (AvgIpc) is 2.18. The van der Waals surface area contributed by atoms with Crippen LogP contribution in [0.3, 0.4) is 0 Å². The quantitative estimate of drug-likeness (QED) is 0.669. The molecule has 0 spiro atoms. The lowest BCUT2D eigenvalue weighted by Gasteiger charge is -2.30. The number of hydrogen-bond acceptors (Lipinski definition) is 4. The van der Waals surface area contributed by atoms with Gasteiger partial charge >= 0.3 is 5.97 Å². The minimum atomic E-state index is -0.549. The topological polar surface area (TPSA) is 38.3 Å². The molecule has 0 bridgehead atoms. The molecule has 0 aliphatic carbocycles. The zero-order chi connectivity index (χ0) is 12.6. The van der Waals surface area contributed by atoms with Crippen molar-refractivity contribution in [3.05, 3.63) is 0 Å². The predicted molar refractivity (Wildman–Crippen MR) is 70.9 cm³/mol. The van der Waals surface area contributed by atoms with Crippen LogP contribution in [0, 0.1) is 0 Å². The summed E-state index contributed by atoms with van der Waals surface area (Å²) in [5, 5.41) is 3.70. The van der Waals surface area contributed by atoms with Crippen LogP contribution in [0.4, 0.5) is 0 Å². The summed E-state index contributed by atoms with van der Waals surface area (Å²) in [5.74, 6) is 0.937. The fraction of sp³-hybridized carbons (Fsp3) is 0.917. The van der Waals surface area contributed by atoms with Gasteiger partial charge in [0.25, 0.3) is 0 Å². The lowest BCUT2D eigenvalue weighted by atomic mass is 9.96. The Hall–Kier alpha value is -0.220. The molecule has 2 unspecified atom stereocenters. The normalized spacial score (nSPS) is 16.6. The highest BCUT2D eigenvalue weighted by Gasteiger charge is 2.35. The molecule has 96 valence electrons. The van der Waals surface area contributed by atoms with Crippen LogP contribution >= 0.6 is 11.8 Å². The molecule has 0 aromatic carbocycles. The molecule has 0 saturated carbocycles. The number of ether oxygens (including phenoxy) is 1. The van der Waals surface area contributed by atoms with Crippen LogP contribution in [-0.2, 0) is 9.53 Å². The molecule has 0 saturated heterocycles. The average molecular weight is 247 g/mol. The van der Waals surface area contributed by atoms with Crippen molar-refractivity contribution in [1.82, 2.24) is 5.32 Å². The maximum Gasteiger partial charge on any atom is 0.326 e. The zero-order valence-corrected chi connectivity index (χ0v) is 11.9. The molecular weight excluding hydrogens is 222 g/mol. The third kappa shape index (κ3) is 5.21. The molecule has 16 heavy (non-hydrogen) atoms. The largest absolute Gasteiger partial charge is 0.465 e. The second-order valence-electron chi connectivity index (χ2n) is 4.05. The summed E-state index contributed by atoms with van der Waals surface area (Å²) in [6, 6.07) is 0. The fourth-order valence-electron chi connectivity index (χ4n) is 1.83. The molecule has 0 heterocycles. The Morgan fingerprint density at radius 1 is 1.44 bits per heavy atom. The Bertz CT molecular complexity index is 211. The minimum absolute atomic E-state index is 0.139. The molecule has 0 fully saturated rings. The summed E-state index contributed by atoms with van der Waals surface area (Å²) in [6.07, 6.45) is 0.804.